The molecule has 0 aromatic carbocycles. The Kier molecular flexibility index (Phi) is 2.43. The number of aryl methyl sites for hydroxylation is 4. The highest BCUT2D eigenvalue weighted by Gasteiger charge is 2.07. The van der Waals surface area contributed by atoms with Crippen LogP contribution in [0.4, 0.5) is 0 Å². The lowest BCUT2D eigenvalue weighted by Crippen LogP contribution is -1.97. The number of aromatic nitrogens is 2. The molecule has 2 nitrogen and oxygen atoms in total. The van der Waals surface area contributed by atoms with E-state index in [-0.39, 0.29) is 0 Å². The van der Waals surface area contributed by atoms with Gasteiger partial charge in [0, 0.05) is 22.5 Å². The van der Waals surface area contributed by atoms with Crippen molar-refractivity contribution in [1.29, 1.82) is 0 Å². The number of pyridine rings is 2. The summed E-state index contributed by atoms with van der Waals surface area (Å²) >= 11 is 0. The molecule has 0 spiro atoms. The second kappa shape index (κ2) is 3.61. The number of fused-ring (bicyclic) bond motifs is 1. The third kappa shape index (κ3) is 1.72. The molecule has 15 heavy (non-hydrogen) atoms. The van der Waals surface area contributed by atoms with Gasteiger partial charge in [0.25, 0.3) is 0 Å². The minimum absolute atomic E-state index is 0.962. The Morgan fingerprint density at radius 1 is 1.00 bits per heavy atom. The van der Waals surface area contributed by atoms with E-state index in [4.69, 9.17) is 0 Å². The molecule has 2 aromatic heterocycles. The van der Waals surface area contributed by atoms with E-state index in [2.05, 4.69) is 35.9 Å². The van der Waals surface area contributed by atoms with Crippen LogP contribution >= 0.6 is 0 Å². The summed E-state index contributed by atoms with van der Waals surface area (Å²) in [6, 6.07) is 4.27. The van der Waals surface area contributed by atoms with Crippen LogP contribution in [0.15, 0.2) is 12.1 Å². The Labute approximate surface area is 90.4 Å². The van der Waals surface area contributed by atoms with E-state index in [1.807, 2.05) is 13.8 Å². The second-order valence-corrected chi connectivity index (χ2v) is 4.01. The van der Waals surface area contributed by atoms with E-state index in [9.17, 15) is 0 Å². The summed E-state index contributed by atoms with van der Waals surface area (Å²) in [7, 11) is 0. The first-order chi connectivity index (χ1) is 7.11. The molecular formula is C13H16N2. The minimum atomic E-state index is 0.962. The van der Waals surface area contributed by atoms with Gasteiger partial charge in [0.2, 0.25) is 0 Å². The first kappa shape index (κ1) is 10.1. The Hall–Kier alpha value is -1.44. The number of hydrogen-bond donors (Lipinski definition) is 0. The van der Waals surface area contributed by atoms with Gasteiger partial charge in [0.05, 0.1) is 5.69 Å². The van der Waals surface area contributed by atoms with Gasteiger partial charge in [0.15, 0.2) is 0 Å². The third-order valence-electron chi connectivity index (χ3n) is 2.66. The van der Waals surface area contributed by atoms with Crippen molar-refractivity contribution in [2.75, 3.05) is 0 Å². The SMILES string of the molecule is CCc1nc(C)cc2cc(C)nc(C)c12. The van der Waals surface area contributed by atoms with Crippen LogP contribution in [0.2, 0.25) is 0 Å². The fourth-order valence-electron chi connectivity index (χ4n) is 2.13. The topological polar surface area (TPSA) is 25.8 Å². The molecule has 0 amide bonds. The largest absolute Gasteiger partial charge is 0.258 e. The number of hydrogen-bond acceptors (Lipinski definition) is 2. The van der Waals surface area contributed by atoms with Crippen LogP contribution in [-0.2, 0) is 6.42 Å². The van der Waals surface area contributed by atoms with Gasteiger partial charge in [-0.15, -0.1) is 0 Å². The van der Waals surface area contributed by atoms with Crippen LogP contribution in [-0.4, -0.2) is 9.97 Å². The summed E-state index contributed by atoms with van der Waals surface area (Å²) in [6.07, 6.45) is 0.962. The zero-order valence-corrected chi connectivity index (χ0v) is 9.76. The van der Waals surface area contributed by atoms with Crippen LogP contribution in [0.25, 0.3) is 10.8 Å². The van der Waals surface area contributed by atoms with Crippen LogP contribution in [0.5, 0.6) is 0 Å². The van der Waals surface area contributed by atoms with Crippen molar-refractivity contribution in [2.45, 2.75) is 34.1 Å². The third-order valence-corrected chi connectivity index (χ3v) is 2.66. The highest BCUT2D eigenvalue weighted by Crippen LogP contribution is 2.22. The van der Waals surface area contributed by atoms with Crippen molar-refractivity contribution in [2.24, 2.45) is 0 Å². The van der Waals surface area contributed by atoms with Crippen molar-refractivity contribution in [1.82, 2.24) is 9.97 Å². The first-order valence-corrected chi connectivity index (χ1v) is 5.36. The molecule has 0 aliphatic rings. The molecule has 0 aliphatic heterocycles. The zero-order valence-electron chi connectivity index (χ0n) is 9.76. The van der Waals surface area contributed by atoms with Crippen molar-refractivity contribution in [3.8, 4) is 0 Å². The average molecular weight is 200 g/mol. The Morgan fingerprint density at radius 3 is 2.20 bits per heavy atom. The zero-order chi connectivity index (χ0) is 11.0. The molecular weight excluding hydrogens is 184 g/mol. The van der Waals surface area contributed by atoms with E-state index in [1.54, 1.807) is 0 Å². The highest BCUT2D eigenvalue weighted by atomic mass is 14.7. The monoisotopic (exact) mass is 200 g/mol. The van der Waals surface area contributed by atoms with Crippen LogP contribution < -0.4 is 0 Å². The van der Waals surface area contributed by atoms with Crippen LogP contribution in [0, 0.1) is 20.8 Å². The van der Waals surface area contributed by atoms with E-state index < -0.39 is 0 Å². The lowest BCUT2D eigenvalue weighted by Gasteiger charge is -2.08. The lowest BCUT2D eigenvalue weighted by molar-refractivity contribution is 1.02. The summed E-state index contributed by atoms with van der Waals surface area (Å²) in [5.74, 6) is 0. The van der Waals surface area contributed by atoms with Crippen molar-refractivity contribution in [3.05, 3.63) is 34.9 Å². The van der Waals surface area contributed by atoms with Gasteiger partial charge in [-0.2, -0.15) is 0 Å². The molecule has 0 radical (unpaired) electrons. The van der Waals surface area contributed by atoms with Gasteiger partial charge in [-0.1, -0.05) is 6.92 Å². The minimum Gasteiger partial charge on any atom is -0.258 e. The van der Waals surface area contributed by atoms with Gasteiger partial charge in [0.1, 0.15) is 0 Å². The Bertz CT molecular complexity index is 510. The Morgan fingerprint density at radius 2 is 1.60 bits per heavy atom. The van der Waals surface area contributed by atoms with E-state index in [0.29, 0.717) is 0 Å². The van der Waals surface area contributed by atoms with Gasteiger partial charge in [-0.25, -0.2) is 0 Å². The summed E-state index contributed by atoms with van der Waals surface area (Å²) in [5, 5.41) is 2.50. The van der Waals surface area contributed by atoms with E-state index >= 15 is 0 Å². The molecule has 0 unspecified atom stereocenters. The second-order valence-electron chi connectivity index (χ2n) is 4.01. The number of rotatable bonds is 1. The van der Waals surface area contributed by atoms with Crippen molar-refractivity contribution < 1.29 is 0 Å². The van der Waals surface area contributed by atoms with Gasteiger partial charge in [-0.3, -0.25) is 9.97 Å². The smallest absolute Gasteiger partial charge is 0.0500 e. The quantitative estimate of drug-likeness (QED) is 0.706. The van der Waals surface area contributed by atoms with Gasteiger partial charge < -0.3 is 0 Å². The molecule has 2 heterocycles. The lowest BCUT2D eigenvalue weighted by atomic mass is 10.1. The van der Waals surface area contributed by atoms with E-state index in [1.165, 1.54) is 10.8 Å². The maximum atomic E-state index is 4.57. The van der Waals surface area contributed by atoms with Crippen LogP contribution in [0.3, 0.4) is 0 Å². The maximum Gasteiger partial charge on any atom is 0.0500 e. The van der Waals surface area contributed by atoms with Crippen LogP contribution in [0.1, 0.15) is 29.7 Å². The molecule has 2 aromatic rings. The highest BCUT2D eigenvalue weighted by molar-refractivity contribution is 5.87. The standard InChI is InChI=1S/C13H16N2/c1-5-12-13-10(4)14-8(2)6-11(13)7-9(3)15-12/h6-7H,5H2,1-4H3. The van der Waals surface area contributed by atoms with Crippen molar-refractivity contribution in [3.63, 3.8) is 0 Å². The molecule has 0 N–H and O–H groups in total. The maximum absolute atomic E-state index is 4.57. The van der Waals surface area contributed by atoms with Crippen molar-refractivity contribution >= 4 is 10.8 Å². The number of nitrogens with zero attached hydrogens (tertiary/aromatic N) is 2. The predicted molar refractivity (Wildman–Crippen MR) is 63.1 cm³/mol. The summed E-state index contributed by atoms with van der Waals surface area (Å²) in [6.45, 7) is 8.28. The predicted octanol–water partition coefficient (Wildman–Crippen LogP) is 3.12. The molecule has 0 saturated carbocycles. The van der Waals surface area contributed by atoms with E-state index in [0.717, 1.165) is 29.2 Å². The summed E-state index contributed by atoms with van der Waals surface area (Å²) in [5.41, 5.74) is 4.42. The van der Waals surface area contributed by atoms with Gasteiger partial charge >= 0.3 is 0 Å². The fraction of sp³-hybridized carbons (Fsp3) is 0.385. The molecule has 0 fully saturated rings. The van der Waals surface area contributed by atoms with Gasteiger partial charge in [-0.05, 0) is 44.7 Å². The first-order valence-electron chi connectivity index (χ1n) is 5.36. The molecule has 2 heteroatoms. The Balaban J connectivity index is 2.90. The molecule has 0 aliphatic carbocycles. The molecule has 78 valence electrons. The molecule has 2 rings (SSSR count). The normalized spacial score (nSPS) is 10.9. The molecule has 0 bridgehead atoms. The fourth-order valence-corrected chi connectivity index (χ4v) is 2.13. The summed E-state index contributed by atoms with van der Waals surface area (Å²) < 4.78 is 0. The molecule has 0 saturated heterocycles. The summed E-state index contributed by atoms with van der Waals surface area (Å²) in [4.78, 5) is 9.07. The molecule has 0 atom stereocenters. The average Bonchev–Trinajstić information content (AvgIpc) is 2.14.